The summed E-state index contributed by atoms with van der Waals surface area (Å²) in [4.78, 5) is 2.52. The molecule has 0 saturated carbocycles. The summed E-state index contributed by atoms with van der Waals surface area (Å²) in [5.74, 6) is 0.970. The van der Waals surface area contributed by atoms with Crippen molar-refractivity contribution in [3.63, 3.8) is 0 Å². The molecule has 1 aromatic rings. The SMILES string of the molecule is CC1CCN(CCOc2ccccc2)CCC(C)N1. The Labute approximate surface area is 116 Å². The van der Waals surface area contributed by atoms with Gasteiger partial charge in [0.05, 0.1) is 0 Å². The van der Waals surface area contributed by atoms with Crippen molar-refractivity contribution in [2.24, 2.45) is 0 Å². The van der Waals surface area contributed by atoms with Crippen molar-refractivity contribution in [3.8, 4) is 5.75 Å². The Hall–Kier alpha value is -1.06. The molecule has 1 aromatic carbocycles. The predicted octanol–water partition coefficient (Wildman–Crippen LogP) is 2.53. The maximum Gasteiger partial charge on any atom is 0.119 e. The highest BCUT2D eigenvalue weighted by molar-refractivity contribution is 5.20. The van der Waals surface area contributed by atoms with Gasteiger partial charge in [-0.15, -0.1) is 0 Å². The van der Waals surface area contributed by atoms with E-state index < -0.39 is 0 Å². The lowest BCUT2D eigenvalue weighted by atomic mass is 10.1. The minimum absolute atomic E-state index is 0.618. The van der Waals surface area contributed by atoms with Gasteiger partial charge in [0.25, 0.3) is 0 Å². The van der Waals surface area contributed by atoms with Gasteiger partial charge in [-0.05, 0) is 51.9 Å². The smallest absolute Gasteiger partial charge is 0.119 e. The lowest BCUT2D eigenvalue weighted by Crippen LogP contribution is -2.43. The summed E-state index contributed by atoms with van der Waals surface area (Å²) < 4.78 is 5.78. The Balaban J connectivity index is 1.72. The second kappa shape index (κ2) is 7.51. The Morgan fingerprint density at radius 3 is 2.37 bits per heavy atom. The monoisotopic (exact) mass is 262 g/mol. The summed E-state index contributed by atoms with van der Waals surface area (Å²) in [5, 5.41) is 3.63. The van der Waals surface area contributed by atoms with E-state index in [2.05, 4.69) is 24.1 Å². The third-order valence-corrected chi connectivity index (χ3v) is 3.75. The van der Waals surface area contributed by atoms with Crippen LogP contribution < -0.4 is 10.1 Å². The number of hydrogen-bond donors (Lipinski definition) is 1. The minimum atomic E-state index is 0.618. The second-order valence-corrected chi connectivity index (χ2v) is 5.55. The first-order valence-electron chi connectivity index (χ1n) is 7.40. The van der Waals surface area contributed by atoms with Crippen molar-refractivity contribution >= 4 is 0 Å². The van der Waals surface area contributed by atoms with Crippen molar-refractivity contribution in [2.45, 2.75) is 38.8 Å². The van der Waals surface area contributed by atoms with Crippen LogP contribution in [0.25, 0.3) is 0 Å². The van der Waals surface area contributed by atoms with Gasteiger partial charge in [0.15, 0.2) is 0 Å². The third-order valence-electron chi connectivity index (χ3n) is 3.75. The molecule has 1 N–H and O–H groups in total. The number of hydrogen-bond acceptors (Lipinski definition) is 3. The molecule has 1 fully saturated rings. The molecule has 0 aromatic heterocycles. The van der Waals surface area contributed by atoms with E-state index in [9.17, 15) is 0 Å². The molecule has 1 aliphatic rings. The minimum Gasteiger partial charge on any atom is -0.492 e. The maximum atomic E-state index is 5.78. The zero-order chi connectivity index (χ0) is 13.5. The van der Waals surface area contributed by atoms with Crippen LogP contribution in [-0.2, 0) is 0 Å². The van der Waals surface area contributed by atoms with E-state index in [4.69, 9.17) is 4.74 Å². The summed E-state index contributed by atoms with van der Waals surface area (Å²) in [6, 6.07) is 11.3. The zero-order valence-electron chi connectivity index (χ0n) is 12.1. The van der Waals surface area contributed by atoms with Crippen molar-refractivity contribution < 1.29 is 4.74 Å². The van der Waals surface area contributed by atoms with Gasteiger partial charge in [-0.25, -0.2) is 0 Å². The fraction of sp³-hybridized carbons (Fsp3) is 0.625. The molecule has 106 valence electrons. The Kier molecular flexibility index (Phi) is 5.67. The molecular formula is C16H26N2O. The molecule has 0 bridgehead atoms. The first kappa shape index (κ1) is 14.4. The van der Waals surface area contributed by atoms with Gasteiger partial charge in [-0.2, -0.15) is 0 Å². The van der Waals surface area contributed by atoms with Crippen molar-refractivity contribution in [1.82, 2.24) is 10.2 Å². The lowest BCUT2D eigenvalue weighted by molar-refractivity contribution is 0.180. The highest BCUT2D eigenvalue weighted by Gasteiger charge is 2.15. The molecule has 1 heterocycles. The van der Waals surface area contributed by atoms with Crippen LogP contribution in [0.3, 0.4) is 0 Å². The van der Waals surface area contributed by atoms with E-state index in [0.717, 1.165) is 18.9 Å². The zero-order valence-corrected chi connectivity index (χ0v) is 12.1. The van der Waals surface area contributed by atoms with Gasteiger partial charge in [0.1, 0.15) is 12.4 Å². The summed E-state index contributed by atoms with van der Waals surface area (Å²) in [6.45, 7) is 8.69. The van der Waals surface area contributed by atoms with Crippen LogP contribution in [0.2, 0.25) is 0 Å². The molecule has 2 unspecified atom stereocenters. The molecule has 2 rings (SSSR count). The van der Waals surface area contributed by atoms with Crippen LogP contribution in [0.1, 0.15) is 26.7 Å². The molecule has 3 heteroatoms. The number of nitrogens with zero attached hydrogens (tertiary/aromatic N) is 1. The van der Waals surface area contributed by atoms with E-state index in [0.29, 0.717) is 12.1 Å². The van der Waals surface area contributed by atoms with E-state index in [1.807, 2.05) is 30.3 Å². The normalized spacial score (nSPS) is 25.6. The average Bonchev–Trinajstić information content (AvgIpc) is 2.41. The van der Waals surface area contributed by atoms with Gasteiger partial charge in [0.2, 0.25) is 0 Å². The van der Waals surface area contributed by atoms with Gasteiger partial charge >= 0.3 is 0 Å². The predicted molar refractivity (Wildman–Crippen MR) is 79.7 cm³/mol. The van der Waals surface area contributed by atoms with Crippen LogP contribution in [0, 0.1) is 0 Å². The van der Waals surface area contributed by atoms with Gasteiger partial charge in [-0.3, -0.25) is 4.90 Å². The number of para-hydroxylation sites is 1. The second-order valence-electron chi connectivity index (χ2n) is 5.55. The van der Waals surface area contributed by atoms with Crippen molar-refractivity contribution in [1.29, 1.82) is 0 Å². The highest BCUT2D eigenvalue weighted by Crippen LogP contribution is 2.09. The average molecular weight is 262 g/mol. The van der Waals surface area contributed by atoms with Gasteiger partial charge in [0, 0.05) is 18.6 Å². The lowest BCUT2D eigenvalue weighted by Gasteiger charge is -2.30. The van der Waals surface area contributed by atoms with Crippen molar-refractivity contribution in [3.05, 3.63) is 30.3 Å². The van der Waals surface area contributed by atoms with E-state index in [-0.39, 0.29) is 0 Å². The number of ether oxygens (including phenoxy) is 1. The molecule has 1 aliphatic heterocycles. The largest absolute Gasteiger partial charge is 0.492 e. The van der Waals surface area contributed by atoms with Crippen molar-refractivity contribution in [2.75, 3.05) is 26.2 Å². The summed E-state index contributed by atoms with van der Waals surface area (Å²) in [6.07, 6.45) is 2.44. The molecule has 0 aliphatic carbocycles. The van der Waals surface area contributed by atoms with Crippen LogP contribution >= 0.6 is 0 Å². The third kappa shape index (κ3) is 5.21. The highest BCUT2D eigenvalue weighted by atomic mass is 16.5. The van der Waals surface area contributed by atoms with Crippen LogP contribution in [-0.4, -0.2) is 43.2 Å². The first-order chi connectivity index (χ1) is 9.24. The van der Waals surface area contributed by atoms with Crippen LogP contribution in [0.15, 0.2) is 30.3 Å². The number of nitrogens with one attached hydrogen (secondary N) is 1. The fourth-order valence-electron chi connectivity index (χ4n) is 2.55. The van der Waals surface area contributed by atoms with E-state index in [1.165, 1.54) is 25.9 Å². The summed E-state index contributed by atoms with van der Waals surface area (Å²) in [7, 11) is 0. The Morgan fingerprint density at radius 1 is 1.11 bits per heavy atom. The van der Waals surface area contributed by atoms with Gasteiger partial charge < -0.3 is 10.1 Å². The molecular weight excluding hydrogens is 236 g/mol. The first-order valence-corrected chi connectivity index (χ1v) is 7.40. The quantitative estimate of drug-likeness (QED) is 0.902. The number of rotatable bonds is 4. The summed E-state index contributed by atoms with van der Waals surface area (Å²) >= 11 is 0. The molecule has 2 atom stereocenters. The molecule has 3 nitrogen and oxygen atoms in total. The fourth-order valence-corrected chi connectivity index (χ4v) is 2.55. The molecule has 0 spiro atoms. The van der Waals surface area contributed by atoms with Gasteiger partial charge in [-0.1, -0.05) is 18.2 Å². The Morgan fingerprint density at radius 2 is 1.74 bits per heavy atom. The molecule has 0 radical (unpaired) electrons. The number of benzene rings is 1. The molecule has 0 amide bonds. The van der Waals surface area contributed by atoms with E-state index in [1.54, 1.807) is 0 Å². The van der Waals surface area contributed by atoms with Crippen LogP contribution in [0.5, 0.6) is 5.75 Å². The topological polar surface area (TPSA) is 24.5 Å². The standard InChI is InChI=1S/C16H26N2O/c1-14-8-10-18(11-9-15(2)17-14)12-13-19-16-6-4-3-5-7-16/h3-7,14-15,17H,8-13H2,1-2H3. The summed E-state index contributed by atoms with van der Waals surface area (Å²) in [5.41, 5.74) is 0. The Bertz CT molecular complexity index is 343. The maximum absolute atomic E-state index is 5.78. The van der Waals surface area contributed by atoms with E-state index >= 15 is 0 Å². The van der Waals surface area contributed by atoms with Crippen LogP contribution in [0.4, 0.5) is 0 Å². The molecule has 1 saturated heterocycles. The molecule has 19 heavy (non-hydrogen) atoms.